The molecule has 0 saturated heterocycles. The summed E-state index contributed by atoms with van der Waals surface area (Å²) in [5.74, 6) is -0.137. The van der Waals surface area contributed by atoms with Crippen molar-refractivity contribution < 1.29 is 9.53 Å². The number of halogens is 1. The third-order valence-electron chi connectivity index (χ3n) is 1.86. The van der Waals surface area contributed by atoms with Gasteiger partial charge in [0.15, 0.2) is 0 Å². The zero-order valence-corrected chi connectivity index (χ0v) is 9.71. The summed E-state index contributed by atoms with van der Waals surface area (Å²) in [6, 6.07) is 8.00. The van der Waals surface area contributed by atoms with Crippen LogP contribution < -0.4 is 0 Å². The molecule has 14 heavy (non-hydrogen) atoms. The van der Waals surface area contributed by atoms with E-state index in [1.807, 2.05) is 24.3 Å². The maximum Gasteiger partial charge on any atom is 0.305 e. The lowest BCUT2D eigenvalue weighted by atomic mass is 10.2. The Morgan fingerprint density at radius 1 is 1.36 bits per heavy atom. The average Bonchev–Trinajstić information content (AvgIpc) is 2.21. The predicted molar refractivity (Wildman–Crippen MR) is 59.1 cm³/mol. The molecule has 0 aliphatic carbocycles. The first kappa shape index (κ1) is 11.2. The van der Waals surface area contributed by atoms with Gasteiger partial charge in [-0.1, -0.05) is 35.0 Å². The summed E-state index contributed by atoms with van der Waals surface area (Å²) in [4.78, 5) is 10.8. The zero-order valence-electron chi connectivity index (χ0n) is 8.13. The lowest BCUT2D eigenvalue weighted by molar-refractivity contribution is -0.143. The minimum absolute atomic E-state index is 0.137. The first-order valence-corrected chi connectivity index (χ1v) is 5.41. The van der Waals surface area contributed by atoms with Crippen LogP contribution in [0, 0.1) is 0 Å². The molecule has 3 heteroatoms. The summed E-state index contributed by atoms with van der Waals surface area (Å²) >= 11 is 3.36. The molecule has 0 aliphatic heterocycles. The highest BCUT2D eigenvalue weighted by Gasteiger charge is 1.98. The highest BCUT2D eigenvalue weighted by Crippen LogP contribution is 2.10. The van der Waals surface area contributed by atoms with Crippen molar-refractivity contribution in [3.8, 4) is 0 Å². The number of hydrogen-bond acceptors (Lipinski definition) is 2. The van der Waals surface area contributed by atoms with Crippen LogP contribution >= 0.6 is 15.9 Å². The molecule has 1 aromatic rings. The van der Waals surface area contributed by atoms with Crippen LogP contribution in [-0.2, 0) is 16.0 Å². The monoisotopic (exact) mass is 256 g/mol. The van der Waals surface area contributed by atoms with Crippen LogP contribution in [0.4, 0.5) is 0 Å². The molecule has 0 bridgehead atoms. The van der Waals surface area contributed by atoms with Crippen LogP contribution in [0.25, 0.3) is 0 Å². The van der Waals surface area contributed by atoms with Crippen LogP contribution in [0.1, 0.15) is 18.9 Å². The second kappa shape index (κ2) is 5.81. The summed E-state index contributed by atoms with van der Waals surface area (Å²) in [6.45, 7) is 2.26. The molecule has 0 aliphatic rings. The molecule has 76 valence electrons. The zero-order chi connectivity index (χ0) is 10.4. The molecular weight excluding hydrogens is 244 g/mol. The van der Waals surface area contributed by atoms with Gasteiger partial charge in [0.05, 0.1) is 6.61 Å². The fourth-order valence-electron chi connectivity index (χ4n) is 1.04. The summed E-state index contributed by atoms with van der Waals surface area (Å²) < 4.78 is 6.04. The molecule has 0 spiro atoms. The maximum atomic E-state index is 10.8. The Morgan fingerprint density at radius 3 is 2.57 bits per heavy atom. The lowest BCUT2D eigenvalue weighted by Gasteiger charge is -2.03. The van der Waals surface area contributed by atoms with Crippen molar-refractivity contribution in [1.82, 2.24) is 0 Å². The molecule has 1 aromatic carbocycles. The Kier molecular flexibility index (Phi) is 4.66. The molecule has 0 N–H and O–H groups in total. The number of benzene rings is 1. The van der Waals surface area contributed by atoms with Gasteiger partial charge in [0, 0.05) is 17.3 Å². The van der Waals surface area contributed by atoms with Crippen LogP contribution in [-0.4, -0.2) is 12.6 Å². The van der Waals surface area contributed by atoms with Crippen molar-refractivity contribution in [2.45, 2.75) is 19.8 Å². The highest BCUT2D eigenvalue weighted by atomic mass is 79.9. The van der Waals surface area contributed by atoms with Crippen molar-refractivity contribution in [1.29, 1.82) is 0 Å². The van der Waals surface area contributed by atoms with Gasteiger partial charge in [-0.15, -0.1) is 0 Å². The summed E-state index contributed by atoms with van der Waals surface area (Å²) in [5.41, 5.74) is 1.18. The lowest BCUT2D eigenvalue weighted by Crippen LogP contribution is -2.05. The van der Waals surface area contributed by atoms with Crippen LogP contribution in [0.2, 0.25) is 0 Å². The number of carbonyl (C=O) groups is 1. The standard InChI is InChI=1S/C11H13BrO2/c1-2-11(13)14-8-7-9-3-5-10(12)6-4-9/h3-6H,2,7-8H2,1H3. The molecule has 0 amide bonds. The third-order valence-corrected chi connectivity index (χ3v) is 2.38. The molecule has 0 radical (unpaired) electrons. The molecule has 2 nitrogen and oxygen atoms in total. The van der Waals surface area contributed by atoms with Crippen molar-refractivity contribution in [3.05, 3.63) is 34.3 Å². The average molecular weight is 257 g/mol. The number of hydrogen-bond donors (Lipinski definition) is 0. The molecule has 0 atom stereocenters. The Balaban J connectivity index is 2.31. The van der Waals surface area contributed by atoms with E-state index in [2.05, 4.69) is 15.9 Å². The molecule has 0 heterocycles. The molecule has 0 unspecified atom stereocenters. The predicted octanol–water partition coefficient (Wildman–Crippen LogP) is 2.94. The van der Waals surface area contributed by atoms with Gasteiger partial charge in [0.25, 0.3) is 0 Å². The van der Waals surface area contributed by atoms with Crippen molar-refractivity contribution >= 4 is 21.9 Å². The summed E-state index contributed by atoms with van der Waals surface area (Å²) in [6.07, 6.45) is 1.22. The van der Waals surface area contributed by atoms with Gasteiger partial charge in [-0.2, -0.15) is 0 Å². The van der Waals surface area contributed by atoms with E-state index in [9.17, 15) is 4.79 Å². The molecule has 0 fully saturated rings. The quantitative estimate of drug-likeness (QED) is 0.775. The number of esters is 1. The Bertz CT molecular complexity index is 293. The van der Waals surface area contributed by atoms with Gasteiger partial charge in [0.1, 0.15) is 0 Å². The van der Waals surface area contributed by atoms with Gasteiger partial charge in [-0.3, -0.25) is 4.79 Å². The minimum Gasteiger partial charge on any atom is -0.465 e. The molecular formula is C11H13BrO2. The first-order chi connectivity index (χ1) is 6.72. The van der Waals surface area contributed by atoms with E-state index in [1.165, 1.54) is 5.56 Å². The number of ether oxygens (including phenoxy) is 1. The van der Waals surface area contributed by atoms with Gasteiger partial charge < -0.3 is 4.74 Å². The maximum absolute atomic E-state index is 10.8. The van der Waals surface area contributed by atoms with Gasteiger partial charge in [0.2, 0.25) is 0 Å². The van der Waals surface area contributed by atoms with Gasteiger partial charge in [-0.05, 0) is 17.7 Å². The summed E-state index contributed by atoms with van der Waals surface area (Å²) in [7, 11) is 0. The van der Waals surface area contributed by atoms with E-state index < -0.39 is 0 Å². The molecule has 0 saturated carbocycles. The van der Waals surface area contributed by atoms with Crippen molar-refractivity contribution in [2.75, 3.05) is 6.61 Å². The largest absolute Gasteiger partial charge is 0.465 e. The van der Waals surface area contributed by atoms with E-state index in [0.717, 1.165) is 10.9 Å². The van der Waals surface area contributed by atoms with Crippen LogP contribution in [0.5, 0.6) is 0 Å². The van der Waals surface area contributed by atoms with E-state index in [-0.39, 0.29) is 5.97 Å². The van der Waals surface area contributed by atoms with Gasteiger partial charge >= 0.3 is 5.97 Å². The number of rotatable bonds is 4. The number of carbonyl (C=O) groups excluding carboxylic acids is 1. The first-order valence-electron chi connectivity index (χ1n) is 4.62. The fraction of sp³-hybridized carbons (Fsp3) is 0.364. The fourth-order valence-corrected chi connectivity index (χ4v) is 1.30. The normalized spacial score (nSPS) is 9.86. The van der Waals surface area contributed by atoms with Crippen molar-refractivity contribution in [2.24, 2.45) is 0 Å². The minimum atomic E-state index is -0.137. The Hall–Kier alpha value is -0.830. The Labute approximate surface area is 92.4 Å². The van der Waals surface area contributed by atoms with Crippen LogP contribution in [0.3, 0.4) is 0 Å². The SMILES string of the molecule is CCC(=O)OCCc1ccc(Br)cc1. The molecule has 1 rings (SSSR count). The topological polar surface area (TPSA) is 26.3 Å². The third kappa shape index (κ3) is 3.92. The molecule has 0 aromatic heterocycles. The van der Waals surface area contributed by atoms with E-state index in [0.29, 0.717) is 13.0 Å². The van der Waals surface area contributed by atoms with E-state index in [1.54, 1.807) is 6.92 Å². The Morgan fingerprint density at radius 2 is 2.00 bits per heavy atom. The van der Waals surface area contributed by atoms with E-state index in [4.69, 9.17) is 4.74 Å². The van der Waals surface area contributed by atoms with Crippen LogP contribution in [0.15, 0.2) is 28.7 Å². The van der Waals surface area contributed by atoms with Gasteiger partial charge in [-0.25, -0.2) is 0 Å². The highest BCUT2D eigenvalue weighted by molar-refractivity contribution is 9.10. The summed E-state index contributed by atoms with van der Waals surface area (Å²) in [5, 5.41) is 0. The second-order valence-corrected chi connectivity index (χ2v) is 3.87. The van der Waals surface area contributed by atoms with Crippen molar-refractivity contribution in [3.63, 3.8) is 0 Å². The van der Waals surface area contributed by atoms with E-state index >= 15 is 0 Å². The second-order valence-electron chi connectivity index (χ2n) is 2.95. The smallest absolute Gasteiger partial charge is 0.305 e.